The maximum Gasteiger partial charge on any atom is 0.328 e. The van der Waals surface area contributed by atoms with Crippen LogP contribution in [0.5, 0.6) is 5.75 Å². The fraction of sp³-hybridized carbons (Fsp3) is 0.190. The fourth-order valence-electron chi connectivity index (χ4n) is 2.38. The van der Waals surface area contributed by atoms with Gasteiger partial charge in [-0.1, -0.05) is 23.7 Å². The zero-order chi connectivity index (χ0) is 23.7. The molecule has 32 heavy (non-hydrogen) atoms. The number of halogens is 1. The Morgan fingerprint density at radius 3 is 2.50 bits per heavy atom. The number of anilines is 1. The van der Waals surface area contributed by atoms with Crippen molar-refractivity contribution >= 4 is 46.8 Å². The lowest BCUT2D eigenvalue weighted by Gasteiger charge is -2.12. The van der Waals surface area contributed by atoms with E-state index in [0.29, 0.717) is 5.75 Å². The highest BCUT2D eigenvalue weighted by Gasteiger charge is 2.18. The lowest BCUT2D eigenvalue weighted by atomic mass is 10.2. The summed E-state index contributed by atoms with van der Waals surface area (Å²) in [5, 5.41) is 15.6. The predicted molar refractivity (Wildman–Crippen MR) is 117 cm³/mol. The largest absolute Gasteiger partial charge is 0.497 e. The zero-order valence-corrected chi connectivity index (χ0v) is 17.9. The standard InChI is InChI=1S/C21H20ClN3O7/c1-13(23-19(26)10-5-14-3-7-16(31-2)8-4-14)21(28)32-12-20(27)24-18-11-15(25(29)30)6-9-17(18)22/h3-11,13H,12H2,1-2H3,(H,23,26)(H,24,27)/t13-/m0/s1. The Kier molecular flexibility index (Phi) is 8.72. The summed E-state index contributed by atoms with van der Waals surface area (Å²) in [6, 6.07) is 9.51. The summed E-state index contributed by atoms with van der Waals surface area (Å²) in [6.07, 6.45) is 2.81. The van der Waals surface area contributed by atoms with E-state index in [2.05, 4.69) is 10.6 Å². The van der Waals surface area contributed by atoms with E-state index < -0.39 is 35.4 Å². The number of carbonyl (C=O) groups excluding carboxylic acids is 3. The van der Waals surface area contributed by atoms with E-state index in [-0.39, 0.29) is 16.4 Å². The summed E-state index contributed by atoms with van der Waals surface area (Å²) < 4.78 is 9.91. The first kappa shape index (κ1) is 24.4. The third-order valence-electron chi connectivity index (χ3n) is 4.04. The van der Waals surface area contributed by atoms with Crippen LogP contribution < -0.4 is 15.4 Å². The number of carbonyl (C=O) groups is 3. The molecule has 2 amide bonds. The summed E-state index contributed by atoms with van der Waals surface area (Å²) >= 11 is 5.90. The van der Waals surface area contributed by atoms with Gasteiger partial charge in [0.25, 0.3) is 11.6 Å². The number of nitro benzene ring substituents is 1. The van der Waals surface area contributed by atoms with Crippen LogP contribution >= 0.6 is 11.6 Å². The van der Waals surface area contributed by atoms with Gasteiger partial charge in [0.1, 0.15) is 11.8 Å². The van der Waals surface area contributed by atoms with Gasteiger partial charge in [-0.3, -0.25) is 19.7 Å². The minimum atomic E-state index is -1.02. The molecule has 2 rings (SSSR count). The fourth-order valence-corrected chi connectivity index (χ4v) is 2.54. The number of rotatable bonds is 9. The van der Waals surface area contributed by atoms with E-state index >= 15 is 0 Å². The van der Waals surface area contributed by atoms with Gasteiger partial charge < -0.3 is 20.1 Å². The Morgan fingerprint density at radius 2 is 1.88 bits per heavy atom. The second-order valence-corrected chi connectivity index (χ2v) is 6.82. The summed E-state index contributed by atoms with van der Waals surface area (Å²) in [7, 11) is 1.55. The molecule has 0 spiro atoms. The van der Waals surface area contributed by atoms with Crippen molar-refractivity contribution in [2.45, 2.75) is 13.0 Å². The van der Waals surface area contributed by atoms with Gasteiger partial charge >= 0.3 is 5.97 Å². The minimum Gasteiger partial charge on any atom is -0.497 e. The molecule has 2 aromatic carbocycles. The van der Waals surface area contributed by atoms with E-state index in [9.17, 15) is 24.5 Å². The first-order chi connectivity index (χ1) is 15.2. The molecule has 11 heteroatoms. The van der Waals surface area contributed by atoms with Crippen molar-refractivity contribution in [1.82, 2.24) is 5.32 Å². The number of nitrogens with one attached hydrogen (secondary N) is 2. The van der Waals surface area contributed by atoms with Gasteiger partial charge in [-0.05, 0) is 36.8 Å². The van der Waals surface area contributed by atoms with Crippen molar-refractivity contribution in [2.75, 3.05) is 19.0 Å². The van der Waals surface area contributed by atoms with Gasteiger partial charge in [0.2, 0.25) is 5.91 Å². The average molecular weight is 462 g/mol. The summed E-state index contributed by atoms with van der Waals surface area (Å²) in [6.45, 7) is 0.733. The molecule has 0 heterocycles. The molecular weight excluding hydrogens is 442 g/mol. The first-order valence-electron chi connectivity index (χ1n) is 9.22. The van der Waals surface area contributed by atoms with Crippen molar-refractivity contribution in [1.29, 1.82) is 0 Å². The van der Waals surface area contributed by atoms with Crippen LogP contribution in [-0.2, 0) is 19.1 Å². The molecule has 0 radical (unpaired) electrons. The van der Waals surface area contributed by atoms with E-state index in [1.807, 2.05) is 0 Å². The number of non-ortho nitro benzene ring substituents is 1. The van der Waals surface area contributed by atoms with Crippen molar-refractivity contribution in [3.63, 3.8) is 0 Å². The lowest BCUT2D eigenvalue weighted by molar-refractivity contribution is -0.384. The van der Waals surface area contributed by atoms with Crippen LogP contribution in [0.4, 0.5) is 11.4 Å². The maximum atomic E-state index is 12.0. The number of benzene rings is 2. The van der Waals surface area contributed by atoms with E-state index in [4.69, 9.17) is 21.1 Å². The molecule has 10 nitrogen and oxygen atoms in total. The molecule has 0 aliphatic rings. The Hall–Kier alpha value is -3.92. The van der Waals surface area contributed by atoms with Crippen molar-refractivity contribution in [2.24, 2.45) is 0 Å². The lowest BCUT2D eigenvalue weighted by Crippen LogP contribution is -2.39. The average Bonchev–Trinajstić information content (AvgIpc) is 2.77. The maximum absolute atomic E-state index is 12.0. The second-order valence-electron chi connectivity index (χ2n) is 6.41. The van der Waals surface area contributed by atoms with Gasteiger partial charge in [-0.25, -0.2) is 4.79 Å². The van der Waals surface area contributed by atoms with Crippen LogP contribution in [0.15, 0.2) is 48.5 Å². The van der Waals surface area contributed by atoms with Crippen molar-refractivity contribution in [3.8, 4) is 5.75 Å². The number of nitro groups is 1. The minimum absolute atomic E-state index is 0.00642. The molecule has 0 aliphatic carbocycles. The number of amides is 2. The smallest absolute Gasteiger partial charge is 0.328 e. The molecule has 168 valence electrons. The highest BCUT2D eigenvalue weighted by atomic mass is 35.5. The molecule has 2 aromatic rings. The predicted octanol–water partition coefficient (Wildman–Crippen LogP) is 2.96. The summed E-state index contributed by atoms with van der Waals surface area (Å²) in [5.41, 5.74) is 0.500. The summed E-state index contributed by atoms with van der Waals surface area (Å²) in [4.78, 5) is 46.2. The highest BCUT2D eigenvalue weighted by Crippen LogP contribution is 2.26. The topological polar surface area (TPSA) is 137 Å². The molecule has 0 aromatic heterocycles. The number of nitrogens with zero attached hydrogens (tertiary/aromatic N) is 1. The molecule has 0 saturated carbocycles. The number of methoxy groups -OCH3 is 1. The molecule has 2 N–H and O–H groups in total. The quantitative estimate of drug-likeness (QED) is 0.253. The van der Waals surface area contributed by atoms with Gasteiger partial charge in [0.15, 0.2) is 6.61 Å². The third kappa shape index (κ3) is 7.40. The van der Waals surface area contributed by atoms with E-state index in [1.54, 1.807) is 37.5 Å². The molecule has 0 unspecified atom stereocenters. The molecule has 0 aliphatic heterocycles. The molecule has 0 saturated heterocycles. The number of hydrogen-bond donors (Lipinski definition) is 2. The van der Waals surface area contributed by atoms with Gasteiger partial charge in [-0.2, -0.15) is 0 Å². The van der Waals surface area contributed by atoms with Gasteiger partial charge in [0, 0.05) is 18.2 Å². The Labute approximate surface area is 188 Å². The van der Waals surface area contributed by atoms with Crippen LogP contribution in [0, 0.1) is 10.1 Å². The molecule has 1 atom stereocenters. The molecule has 0 bridgehead atoms. The van der Waals surface area contributed by atoms with Gasteiger partial charge in [-0.15, -0.1) is 0 Å². The third-order valence-corrected chi connectivity index (χ3v) is 4.37. The zero-order valence-electron chi connectivity index (χ0n) is 17.2. The van der Waals surface area contributed by atoms with Crippen LogP contribution in [-0.4, -0.2) is 42.5 Å². The van der Waals surface area contributed by atoms with Crippen LogP contribution in [0.2, 0.25) is 5.02 Å². The number of hydrogen-bond acceptors (Lipinski definition) is 7. The van der Waals surface area contributed by atoms with Crippen LogP contribution in [0.3, 0.4) is 0 Å². The highest BCUT2D eigenvalue weighted by molar-refractivity contribution is 6.33. The Bertz CT molecular complexity index is 1040. The van der Waals surface area contributed by atoms with Crippen molar-refractivity contribution in [3.05, 3.63) is 69.2 Å². The Balaban J connectivity index is 1.82. The monoisotopic (exact) mass is 461 g/mol. The number of esters is 1. The first-order valence-corrected chi connectivity index (χ1v) is 9.60. The van der Waals surface area contributed by atoms with Crippen LogP contribution in [0.25, 0.3) is 6.08 Å². The SMILES string of the molecule is COc1ccc(C=CC(=O)N[C@@H](C)C(=O)OCC(=O)Nc2cc([N+](=O)[O-])ccc2Cl)cc1. The Morgan fingerprint density at radius 1 is 1.19 bits per heavy atom. The van der Waals surface area contributed by atoms with Gasteiger partial charge in [0.05, 0.1) is 22.7 Å². The van der Waals surface area contributed by atoms with E-state index in [0.717, 1.165) is 11.6 Å². The summed E-state index contributed by atoms with van der Waals surface area (Å²) in [5.74, 6) is -1.44. The van der Waals surface area contributed by atoms with E-state index in [1.165, 1.54) is 25.1 Å². The van der Waals surface area contributed by atoms with Crippen LogP contribution in [0.1, 0.15) is 12.5 Å². The van der Waals surface area contributed by atoms with Crippen molar-refractivity contribution < 1.29 is 28.8 Å². The molecular formula is C21H20ClN3O7. The number of ether oxygens (including phenoxy) is 2. The molecule has 0 fully saturated rings. The second kappa shape index (κ2) is 11.5. The normalized spacial score (nSPS) is 11.5.